The Morgan fingerprint density at radius 3 is 2.55 bits per heavy atom. The average Bonchev–Trinajstić information content (AvgIpc) is 3.41. The summed E-state index contributed by atoms with van der Waals surface area (Å²) < 4.78 is 2.11. The smallest absolute Gasteiger partial charge is 0.253 e. The lowest BCUT2D eigenvalue weighted by atomic mass is 9.77. The van der Waals surface area contributed by atoms with Crippen molar-refractivity contribution in [1.82, 2.24) is 24.4 Å². The summed E-state index contributed by atoms with van der Waals surface area (Å²) in [6.07, 6.45) is 6.24. The van der Waals surface area contributed by atoms with E-state index in [-0.39, 0.29) is 11.9 Å². The van der Waals surface area contributed by atoms with Crippen LogP contribution >= 0.6 is 0 Å². The minimum Gasteiger partial charge on any atom is -0.391 e. The second kappa shape index (κ2) is 7.13. The van der Waals surface area contributed by atoms with Gasteiger partial charge < -0.3 is 14.6 Å². The van der Waals surface area contributed by atoms with Crippen molar-refractivity contribution in [2.75, 3.05) is 13.1 Å². The summed E-state index contributed by atoms with van der Waals surface area (Å²) >= 11 is 0. The van der Waals surface area contributed by atoms with E-state index in [4.69, 9.17) is 0 Å². The quantitative estimate of drug-likeness (QED) is 0.546. The lowest BCUT2D eigenvalue weighted by molar-refractivity contribution is 0.0374. The van der Waals surface area contributed by atoms with Crippen LogP contribution in [0, 0.1) is 11.8 Å². The molecule has 0 bridgehead atoms. The summed E-state index contributed by atoms with van der Waals surface area (Å²) in [5.74, 6) is 0.727. The number of carbonyl (C=O) groups excluding carboxylic acids is 1. The van der Waals surface area contributed by atoms with Gasteiger partial charge in [0.2, 0.25) is 0 Å². The molecule has 1 amide bonds. The molecule has 1 N–H and O–H groups in total. The zero-order valence-electron chi connectivity index (χ0n) is 17.0. The molecule has 7 nitrogen and oxygen atoms in total. The standard InChI is InChI=1S/C24H23N5O2/c30-23-11-17-13-28(24(31)15-5-6-18-20(9-15)26-8-7-25-18)12-16(17)10-22(23)29-14-27-19-3-1-2-4-21(19)29/h1-9,14,16-17,22-23,30H,10-13H2/t16-,17+,22-,23-/m1/s1. The van der Waals surface area contributed by atoms with Crippen molar-refractivity contribution in [3.8, 4) is 0 Å². The van der Waals surface area contributed by atoms with Crippen LogP contribution in [0.1, 0.15) is 29.2 Å². The van der Waals surface area contributed by atoms with Gasteiger partial charge in [-0.2, -0.15) is 0 Å². The molecule has 0 spiro atoms. The van der Waals surface area contributed by atoms with Crippen LogP contribution in [0.25, 0.3) is 22.1 Å². The van der Waals surface area contributed by atoms with Crippen LogP contribution in [0.3, 0.4) is 0 Å². The Kier molecular flexibility index (Phi) is 4.24. The first-order valence-corrected chi connectivity index (χ1v) is 10.8. The van der Waals surface area contributed by atoms with Crippen LogP contribution in [0.15, 0.2) is 61.2 Å². The van der Waals surface area contributed by atoms with Crippen LogP contribution in [0.2, 0.25) is 0 Å². The number of aromatic nitrogens is 4. The van der Waals surface area contributed by atoms with Gasteiger partial charge in [0.25, 0.3) is 5.91 Å². The lowest BCUT2D eigenvalue weighted by Gasteiger charge is -2.36. The van der Waals surface area contributed by atoms with E-state index >= 15 is 0 Å². The number of amides is 1. The molecule has 156 valence electrons. The Labute approximate surface area is 179 Å². The fourth-order valence-corrected chi connectivity index (χ4v) is 5.39. The second-order valence-corrected chi connectivity index (χ2v) is 8.74. The maximum Gasteiger partial charge on any atom is 0.253 e. The fourth-order valence-electron chi connectivity index (χ4n) is 5.39. The van der Waals surface area contributed by atoms with Crippen LogP contribution in [0.5, 0.6) is 0 Å². The maximum absolute atomic E-state index is 13.2. The van der Waals surface area contributed by atoms with E-state index < -0.39 is 6.10 Å². The number of para-hydroxylation sites is 2. The molecular formula is C24H23N5O2. The summed E-state index contributed by atoms with van der Waals surface area (Å²) in [5, 5.41) is 10.9. The largest absolute Gasteiger partial charge is 0.391 e. The highest BCUT2D eigenvalue weighted by Gasteiger charge is 2.43. The summed E-state index contributed by atoms with van der Waals surface area (Å²) in [6.45, 7) is 1.41. The monoisotopic (exact) mass is 413 g/mol. The minimum atomic E-state index is -0.440. The van der Waals surface area contributed by atoms with Gasteiger partial charge in [-0.15, -0.1) is 0 Å². The molecular weight excluding hydrogens is 390 g/mol. The first-order valence-electron chi connectivity index (χ1n) is 10.8. The highest BCUT2D eigenvalue weighted by Crippen LogP contribution is 2.42. The zero-order valence-corrected chi connectivity index (χ0v) is 17.0. The van der Waals surface area contributed by atoms with E-state index in [9.17, 15) is 9.90 Å². The van der Waals surface area contributed by atoms with Gasteiger partial charge in [0.15, 0.2) is 0 Å². The van der Waals surface area contributed by atoms with Crippen molar-refractivity contribution in [3.63, 3.8) is 0 Å². The Hall–Kier alpha value is -3.32. The molecule has 1 aliphatic heterocycles. The molecule has 2 aromatic carbocycles. The van der Waals surface area contributed by atoms with Crippen LogP contribution in [-0.4, -0.2) is 54.6 Å². The van der Waals surface area contributed by atoms with Crippen molar-refractivity contribution < 1.29 is 9.90 Å². The summed E-state index contributed by atoms with van der Waals surface area (Å²) in [7, 11) is 0. The molecule has 2 fully saturated rings. The Balaban J connectivity index is 1.23. The molecule has 1 aliphatic carbocycles. The minimum absolute atomic E-state index is 0.0142. The third kappa shape index (κ3) is 3.08. The molecule has 1 saturated carbocycles. The van der Waals surface area contributed by atoms with Crippen molar-refractivity contribution >= 4 is 28.0 Å². The number of likely N-dealkylation sites (tertiary alicyclic amines) is 1. The lowest BCUT2D eigenvalue weighted by Crippen LogP contribution is -2.36. The number of nitrogens with zero attached hydrogens (tertiary/aromatic N) is 5. The highest BCUT2D eigenvalue weighted by atomic mass is 16.3. The van der Waals surface area contributed by atoms with Crippen molar-refractivity contribution in [2.24, 2.45) is 11.8 Å². The number of aliphatic hydroxyl groups is 1. The number of rotatable bonds is 2. The van der Waals surface area contributed by atoms with E-state index in [1.165, 1.54) is 0 Å². The molecule has 0 radical (unpaired) electrons. The molecule has 0 unspecified atom stereocenters. The van der Waals surface area contributed by atoms with Gasteiger partial charge in [0.05, 0.1) is 40.5 Å². The van der Waals surface area contributed by atoms with Crippen molar-refractivity contribution in [2.45, 2.75) is 25.0 Å². The normalized spacial score (nSPS) is 25.8. The van der Waals surface area contributed by atoms with Crippen molar-refractivity contribution in [1.29, 1.82) is 0 Å². The molecule has 2 aromatic heterocycles. The third-order valence-corrected chi connectivity index (χ3v) is 6.95. The Morgan fingerprint density at radius 1 is 0.903 bits per heavy atom. The SMILES string of the molecule is O=C(c1ccc2nccnc2c1)N1C[C@H]2C[C@@H](n3cnc4ccccc43)[C@H](O)C[C@H]2C1. The summed E-state index contributed by atoms with van der Waals surface area (Å²) in [6, 6.07) is 13.5. The number of hydrogen-bond acceptors (Lipinski definition) is 5. The van der Waals surface area contributed by atoms with E-state index in [0.29, 0.717) is 30.4 Å². The molecule has 31 heavy (non-hydrogen) atoms. The van der Waals surface area contributed by atoms with Gasteiger partial charge in [-0.25, -0.2) is 4.98 Å². The number of imidazole rings is 1. The Morgan fingerprint density at radius 2 is 1.68 bits per heavy atom. The van der Waals surface area contributed by atoms with Gasteiger partial charge in [-0.1, -0.05) is 12.1 Å². The number of carbonyl (C=O) groups is 1. The van der Waals surface area contributed by atoms with Crippen LogP contribution < -0.4 is 0 Å². The van der Waals surface area contributed by atoms with E-state index in [1.807, 2.05) is 53.7 Å². The van der Waals surface area contributed by atoms with Gasteiger partial charge in [-0.05, 0) is 55.0 Å². The first-order chi connectivity index (χ1) is 15.2. The van der Waals surface area contributed by atoms with Gasteiger partial charge in [-0.3, -0.25) is 14.8 Å². The zero-order chi connectivity index (χ0) is 20.9. The van der Waals surface area contributed by atoms with Gasteiger partial charge in [0.1, 0.15) is 0 Å². The summed E-state index contributed by atoms with van der Waals surface area (Å²) in [5.41, 5.74) is 4.15. The second-order valence-electron chi connectivity index (χ2n) is 8.74. The highest BCUT2D eigenvalue weighted by molar-refractivity contribution is 5.97. The molecule has 2 aliphatic rings. The molecule has 4 atom stereocenters. The van der Waals surface area contributed by atoms with Crippen LogP contribution in [-0.2, 0) is 0 Å². The number of fused-ring (bicyclic) bond motifs is 3. The molecule has 6 rings (SSSR count). The third-order valence-electron chi connectivity index (χ3n) is 6.95. The number of benzene rings is 2. The molecule has 7 heteroatoms. The van der Waals surface area contributed by atoms with Crippen LogP contribution in [0.4, 0.5) is 0 Å². The maximum atomic E-state index is 13.2. The van der Waals surface area contributed by atoms with E-state index in [0.717, 1.165) is 35.0 Å². The van der Waals surface area contributed by atoms with E-state index in [1.54, 1.807) is 12.4 Å². The molecule has 3 heterocycles. The topological polar surface area (TPSA) is 84.1 Å². The molecule has 1 saturated heterocycles. The number of hydrogen-bond donors (Lipinski definition) is 1. The average molecular weight is 413 g/mol. The first kappa shape index (κ1) is 18.4. The predicted molar refractivity (Wildman–Crippen MR) is 116 cm³/mol. The Bertz CT molecular complexity index is 1290. The van der Waals surface area contributed by atoms with E-state index in [2.05, 4.69) is 19.5 Å². The molecule has 4 aromatic rings. The summed E-state index contributed by atoms with van der Waals surface area (Å²) in [4.78, 5) is 28.2. The van der Waals surface area contributed by atoms with Gasteiger partial charge in [0, 0.05) is 31.0 Å². The van der Waals surface area contributed by atoms with Crippen molar-refractivity contribution in [3.05, 3.63) is 66.7 Å². The van der Waals surface area contributed by atoms with Gasteiger partial charge >= 0.3 is 0 Å². The number of aliphatic hydroxyl groups excluding tert-OH is 1. The predicted octanol–water partition coefficient (Wildman–Crippen LogP) is 3.06. The fraction of sp³-hybridized carbons (Fsp3) is 0.333.